The molecule has 0 bridgehead atoms. The average Bonchev–Trinajstić information content (AvgIpc) is 2.60. The van der Waals surface area contributed by atoms with Crippen LogP contribution in [0, 0.1) is 0 Å². The van der Waals surface area contributed by atoms with Gasteiger partial charge in [-0.15, -0.1) is 0 Å². The highest BCUT2D eigenvalue weighted by Crippen LogP contribution is 2.26. The smallest absolute Gasteiger partial charge is 0.236 e. The van der Waals surface area contributed by atoms with E-state index in [2.05, 4.69) is 4.90 Å². The van der Waals surface area contributed by atoms with Crippen molar-refractivity contribution in [2.75, 3.05) is 32.7 Å². The average molecular weight is 332 g/mol. The number of piperidine rings is 2. The van der Waals surface area contributed by atoms with Crippen LogP contribution >= 0.6 is 0 Å². The first-order chi connectivity index (χ1) is 11.5. The second-order valence-electron chi connectivity index (χ2n) is 7.20. The van der Waals surface area contributed by atoms with Gasteiger partial charge in [0.1, 0.15) is 17.5 Å². The summed E-state index contributed by atoms with van der Waals surface area (Å²) in [6.45, 7) is 5.31. The van der Waals surface area contributed by atoms with Crippen molar-refractivity contribution in [1.29, 1.82) is 0 Å². The predicted octanol–water partition coefficient (Wildman–Crippen LogP) is 1.90. The van der Waals surface area contributed by atoms with Gasteiger partial charge in [0.05, 0.1) is 6.54 Å². The lowest BCUT2D eigenvalue weighted by Gasteiger charge is -2.42. The molecular weight excluding hydrogens is 304 g/mol. The Morgan fingerprint density at radius 1 is 1.21 bits per heavy atom. The number of amides is 1. The Hall–Kier alpha value is -1.59. The van der Waals surface area contributed by atoms with Gasteiger partial charge in [0.25, 0.3) is 0 Å². The third-order valence-electron chi connectivity index (χ3n) is 5.14. The van der Waals surface area contributed by atoms with Gasteiger partial charge >= 0.3 is 0 Å². The molecule has 0 saturated carbocycles. The fourth-order valence-corrected chi connectivity index (χ4v) is 3.47. The van der Waals surface area contributed by atoms with Crippen molar-refractivity contribution in [1.82, 2.24) is 9.80 Å². The van der Waals surface area contributed by atoms with E-state index in [1.165, 1.54) is 6.42 Å². The Balaban J connectivity index is 1.59. The number of carbonyl (C=O) groups excluding carboxylic acids is 1. The number of likely N-dealkylation sites (tertiary alicyclic amines) is 2. The number of hydrogen-bond acceptors (Lipinski definition) is 4. The monoisotopic (exact) mass is 332 g/mol. The molecule has 1 N–H and O–H groups in total. The van der Waals surface area contributed by atoms with E-state index in [-0.39, 0.29) is 12.0 Å². The molecule has 3 rings (SSSR count). The highest BCUT2D eigenvalue weighted by molar-refractivity contribution is 5.78. The summed E-state index contributed by atoms with van der Waals surface area (Å²) in [7, 11) is 0. The van der Waals surface area contributed by atoms with Gasteiger partial charge in [-0.1, -0.05) is 18.2 Å². The maximum atomic E-state index is 12.5. The molecule has 1 amide bonds. The summed E-state index contributed by atoms with van der Waals surface area (Å²) < 4.78 is 6.01. The van der Waals surface area contributed by atoms with Gasteiger partial charge in [-0.05, 0) is 44.7 Å². The fraction of sp³-hybridized carbons (Fsp3) is 0.632. The highest BCUT2D eigenvalue weighted by atomic mass is 16.5. The van der Waals surface area contributed by atoms with Crippen molar-refractivity contribution in [2.24, 2.45) is 0 Å². The van der Waals surface area contributed by atoms with Gasteiger partial charge in [-0.2, -0.15) is 0 Å². The second-order valence-corrected chi connectivity index (χ2v) is 7.20. The molecule has 1 aromatic rings. The molecule has 24 heavy (non-hydrogen) atoms. The zero-order valence-corrected chi connectivity index (χ0v) is 14.5. The van der Waals surface area contributed by atoms with Gasteiger partial charge < -0.3 is 14.7 Å². The quantitative estimate of drug-likeness (QED) is 0.915. The fourth-order valence-electron chi connectivity index (χ4n) is 3.47. The molecule has 1 aromatic carbocycles. The van der Waals surface area contributed by atoms with Crippen LogP contribution in [0.25, 0.3) is 0 Å². The van der Waals surface area contributed by atoms with Crippen LogP contribution in [-0.4, -0.2) is 65.2 Å². The molecule has 2 atom stereocenters. The Morgan fingerprint density at radius 2 is 1.92 bits per heavy atom. The summed E-state index contributed by atoms with van der Waals surface area (Å²) in [5.41, 5.74) is -0.874. The van der Waals surface area contributed by atoms with Crippen molar-refractivity contribution >= 4 is 5.91 Å². The highest BCUT2D eigenvalue weighted by Gasteiger charge is 2.40. The molecule has 0 radical (unpaired) electrons. The second kappa shape index (κ2) is 7.53. The molecule has 2 fully saturated rings. The number of rotatable bonds is 4. The van der Waals surface area contributed by atoms with Crippen LogP contribution in [0.3, 0.4) is 0 Å². The lowest BCUT2D eigenvalue weighted by atomic mass is 9.90. The van der Waals surface area contributed by atoms with Crippen LogP contribution in [0.2, 0.25) is 0 Å². The molecule has 2 aliphatic rings. The van der Waals surface area contributed by atoms with Gasteiger partial charge in [0.2, 0.25) is 5.91 Å². The normalized spacial score (nSPS) is 28.6. The summed E-state index contributed by atoms with van der Waals surface area (Å²) in [5.74, 6) is 0.960. The Bertz CT molecular complexity index is 541. The maximum Gasteiger partial charge on any atom is 0.236 e. The molecule has 0 unspecified atom stereocenters. The van der Waals surface area contributed by atoms with Crippen LogP contribution < -0.4 is 4.74 Å². The predicted molar refractivity (Wildman–Crippen MR) is 93.0 cm³/mol. The van der Waals surface area contributed by atoms with Crippen LogP contribution in [0.4, 0.5) is 0 Å². The summed E-state index contributed by atoms with van der Waals surface area (Å²) >= 11 is 0. The molecule has 2 aliphatic heterocycles. The summed E-state index contributed by atoms with van der Waals surface area (Å²) in [5, 5.41) is 10.6. The van der Waals surface area contributed by atoms with E-state index in [4.69, 9.17) is 4.74 Å². The zero-order valence-electron chi connectivity index (χ0n) is 14.5. The third kappa shape index (κ3) is 4.28. The summed E-state index contributed by atoms with van der Waals surface area (Å²) in [6.07, 6.45) is 3.73. The van der Waals surface area contributed by atoms with Crippen molar-refractivity contribution in [2.45, 2.75) is 44.3 Å². The molecule has 5 nitrogen and oxygen atoms in total. The van der Waals surface area contributed by atoms with Gasteiger partial charge in [0, 0.05) is 26.2 Å². The number of para-hydroxylation sites is 1. The first kappa shape index (κ1) is 17.2. The molecule has 2 heterocycles. The lowest BCUT2D eigenvalue weighted by Crippen LogP contribution is -2.58. The first-order valence-corrected chi connectivity index (χ1v) is 8.99. The van der Waals surface area contributed by atoms with Crippen LogP contribution in [0.5, 0.6) is 5.75 Å². The summed E-state index contributed by atoms with van der Waals surface area (Å²) in [6, 6.07) is 9.58. The SMILES string of the molecule is C[C@@]1(O)CCN(CC(=O)N2CCCCC2)C[C@H]1Oc1ccccc1. The number of benzene rings is 1. The Kier molecular flexibility index (Phi) is 5.41. The Morgan fingerprint density at radius 3 is 2.62 bits per heavy atom. The van der Waals surface area contributed by atoms with Gasteiger partial charge in [0.15, 0.2) is 0 Å². The standard InChI is InChI=1S/C19H28N2O3/c1-19(23)10-13-20(15-18(22)21-11-6-3-7-12-21)14-17(19)24-16-8-4-2-5-9-16/h2,4-5,8-9,17,23H,3,6-7,10-15H2,1H3/t17-,19-/m1/s1. The van der Waals surface area contributed by atoms with Crippen molar-refractivity contribution in [3.8, 4) is 5.75 Å². The number of hydrogen-bond donors (Lipinski definition) is 1. The minimum Gasteiger partial charge on any atom is -0.486 e. The van der Waals surface area contributed by atoms with E-state index in [1.54, 1.807) is 0 Å². The molecule has 2 saturated heterocycles. The topological polar surface area (TPSA) is 53.0 Å². The van der Waals surface area contributed by atoms with Crippen molar-refractivity contribution < 1.29 is 14.6 Å². The third-order valence-corrected chi connectivity index (χ3v) is 5.14. The lowest BCUT2D eigenvalue weighted by molar-refractivity contribution is -0.137. The molecular formula is C19H28N2O3. The minimum absolute atomic E-state index is 0.203. The number of ether oxygens (including phenoxy) is 1. The van der Waals surface area contributed by atoms with Crippen LogP contribution in [0.1, 0.15) is 32.6 Å². The van der Waals surface area contributed by atoms with Crippen molar-refractivity contribution in [3.63, 3.8) is 0 Å². The first-order valence-electron chi connectivity index (χ1n) is 8.99. The molecule has 132 valence electrons. The summed E-state index contributed by atoms with van der Waals surface area (Å²) in [4.78, 5) is 16.6. The largest absolute Gasteiger partial charge is 0.486 e. The number of aliphatic hydroxyl groups is 1. The van der Waals surface area contributed by atoms with Gasteiger partial charge in [-0.3, -0.25) is 9.69 Å². The molecule has 5 heteroatoms. The number of nitrogens with zero attached hydrogens (tertiary/aromatic N) is 2. The molecule has 0 aliphatic carbocycles. The van der Waals surface area contributed by atoms with Crippen LogP contribution in [0.15, 0.2) is 30.3 Å². The van der Waals surface area contributed by atoms with Crippen LogP contribution in [-0.2, 0) is 4.79 Å². The van der Waals surface area contributed by atoms with Gasteiger partial charge in [-0.25, -0.2) is 0 Å². The Labute approximate surface area is 144 Å². The molecule has 0 aromatic heterocycles. The van der Waals surface area contributed by atoms with E-state index in [0.29, 0.717) is 19.5 Å². The van der Waals surface area contributed by atoms with Crippen molar-refractivity contribution in [3.05, 3.63) is 30.3 Å². The van der Waals surface area contributed by atoms with E-state index in [9.17, 15) is 9.90 Å². The number of carbonyl (C=O) groups is 1. The van der Waals surface area contributed by atoms with E-state index in [1.807, 2.05) is 42.2 Å². The zero-order chi connectivity index (χ0) is 17.0. The molecule has 0 spiro atoms. The minimum atomic E-state index is -0.874. The van der Waals surface area contributed by atoms with E-state index in [0.717, 1.165) is 38.2 Å². The van der Waals surface area contributed by atoms with E-state index >= 15 is 0 Å². The van der Waals surface area contributed by atoms with E-state index < -0.39 is 5.60 Å². The maximum absolute atomic E-state index is 12.5.